The Morgan fingerprint density at radius 3 is 2.44 bits per heavy atom. The van der Waals surface area contributed by atoms with Gasteiger partial charge in [-0.2, -0.15) is 10.4 Å². The van der Waals surface area contributed by atoms with Crippen molar-refractivity contribution < 1.29 is 18.4 Å². The molecule has 2 atom stereocenters. The number of hydrogen-bond donors (Lipinski definition) is 2. The first-order chi connectivity index (χ1) is 18.8. The molecule has 2 aliphatic carbocycles. The zero-order valence-corrected chi connectivity index (χ0v) is 21.9. The average Bonchev–Trinajstić information content (AvgIpc) is 3.68. The summed E-state index contributed by atoms with van der Waals surface area (Å²) in [5, 5.41) is 19.7. The maximum absolute atomic E-state index is 14.0. The molecule has 2 saturated carbocycles. The summed E-state index contributed by atoms with van der Waals surface area (Å²) >= 11 is 0. The number of nitrogens with zero attached hydrogens (tertiary/aromatic N) is 4. The second kappa shape index (κ2) is 11.1. The highest BCUT2D eigenvalue weighted by atomic mass is 19.3. The first kappa shape index (κ1) is 26.7. The van der Waals surface area contributed by atoms with Crippen LogP contribution in [0.3, 0.4) is 0 Å². The molecule has 2 aliphatic rings. The third-order valence-electron chi connectivity index (χ3n) is 7.72. The van der Waals surface area contributed by atoms with Crippen molar-refractivity contribution in [3.63, 3.8) is 0 Å². The summed E-state index contributed by atoms with van der Waals surface area (Å²) in [6, 6.07) is 9.49. The Kier molecular flexibility index (Phi) is 7.60. The maximum Gasteiger partial charge on any atom is 0.251 e. The number of alkyl halides is 2. The molecule has 3 aromatic rings. The van der Waals surface area contributed by atoms with E-state index in [1.165, 1.54) is 0 Å². The molecule has 0 radical (unpaired) electrons. The molecule has 0 bridgehead atoms. The topological polar surface area (TPSA) is 112 Å². The monoisotopic (exact) mass is 534 g/mol. The first-order valence-corrected chi connectivity index (χ1v) is 13.6. The minimum atomic E-state index is -2.70. The van der Waals surface area contributed by atoms with Crippen LogP contribution in [0.4, 0.5) is 8.78 Å². The van der Waals surface area contributed by atoms with Gasteiger partial charge in [-0.3, -0.25) is 9.59 Å². The molecule has 0 aliphatic heterocycles. The minimum Gasteiger partial charge on any atom is -0.349 e. The second-order valence-corrected chi connectivity index (χ2v) is 10.7. The molecule has 2 N–H and O–H groups in total. The van der Waals surface area contributed by atoms with Gasteiger partial charge in [-0.1, -0.05) is 6.92 Å². The average molecular weight is 535 g/mol. The lowest BCUT2D eigenvalue weighted by atomic mass is 9.81. The van der Waals surface area contributed by atoms with Crippen LogP contribution in [0.1, 0.15) is 97.6 Å². The van der Waals surface area contributed by atoms with Gasteiger partial charge in [-0.25, -0.2) is 18.3 Å². The molecule has 0 spiro atoms. The fourth-order valence-corrected chi connectivity index (χ4v) is 5.36. The van der Waals surface area contributed by atoms with Gasteiger partial charge in [-0.15, -0.1) is 0 Å². The molecule has 2 amide bonds. The Labute approximate surface area is 225 Å². The van der Waals surface area contributed by atoms with Gasteiger partial charge in [0, 0.05) is 24.8 Å². The molecule has 0 saturated heterocycles. The van der Waals surface area contributed by atoms with Gasteiger partial charge in [-0.05, 0) is 79.8 Å². The van der Waals surface area contributed by atoms with Gasteiger partial charge in [0.15, 0.2) is 5.65 Å². The van der Waals surface area contributed by atoms with Gasteiger partial charge in [0.05, 0.1) is 41.8 Å². The third kappa shape index (κ3) is 6.24. The Morgan fingerprint density at radius 2 is 1.79 bits per heavy atom. The first-order valence-electron chi connectivity index (χ1n) is 13.6. The van der Waals surface area contributed by atoms with E-state index in [1.54, 1.807) is 41.2 Å². The number of imidazole rings is 1. The molecule has 2 heterocycles. The summed E-state index contributed by atoms with van der Waals surface area (Å²) in [5.41, 5.74) is 2.81. The van der Waals surface area contributed by atoms with Crippen molar-refractivity contribution in [2.45, 2.75) is 76.3 Å². The number of benzene rings is 1. The lowest BCUT2D eigenvalue weighted by Gasteiger charge is -2.33. The van der Waals surface area contributed by atoms with E-state index in [4.69, 9.17) is 10.2 Å². The van der Waals surface area contributed by atoms with E-state index in [0.717, 1.165) is 24.8 Å². The molecular weight excluding hydrogens is 502 g/mol. The van der Waals surface area contributed by atoms with Crippen LogP contribution in [-0.4, -0.2) is 32.3 Å². The molecule has 204 valence electrons. The van der Waals surface area contributed by atoms with Gasteiger partial charge >= 0.3 is 0 Å². The van der Waals surface area contributed by atoms with Crippen molar-refractivity contribution in [1.29, 1.82) is 5.26 Å². The van der Waals surface area contributed by atoms with Crippen LogP contribution in [0.25, 0.3) is 5.65 Å². The fraction of sp³-hybridized carbons (Fsp3) is 0.483. The number of carbonyl (C=O) groups is 2. The van der Waals surface area contributed by atoms with Crippen LogP contribution in [0, 0.1) is 23.2 Å². The number of nitrogens with one attached hydrogen (secondary N) is 2. The molecule has 0 unspecified atom stereocenters. The van der Waals surface area contributed by atoms with Gasteiger partial charge in [0.2, 0.25) is 11.8 Å². The predicted molar refractivity (Wildman–Crippen MR) is 140 cm³/mol. The quantitative estimate of drug-likeness (QED) is 0.389. The van der Waals surface area contributed by atoms with Crippen molar-refractivity contribution in [3.8, 4) is 6.07 Å². The summed E-state index contributed by atoms with van der Waals surface area (Å²) < 4.78 is 29.6. The minimum absolute atomic E-state index is 0.0120. The van der Waals surface area contributed by atoms with Crippen molar-refractivity contribution in [2.24, 2.45) is 11.8 Å². The van der Waals surface area contributed by atoms with E-state index in [9.17, 15) is 18.4 Å². The number of fused-ring (bicyclic) bond motifs is 1. The van der Waals surface area contributed by atoms with Gasteiger partial charge < -0.3 is 10.6 Å². The predicted octanol–water partition coefficient (Wildman–Crippen LogP) is 5.26. The number of amides is 2. The Bertz CT molecular complexity index is 1380. The highest BCUT2D eigenvalue weighted by Gasteiger charge is 2.39. The number of nitriles is 1. The van der Waals surface area contributed by atoms with E-state index >= 15 is 0 Å². The van der Waals surface area contributed by atoms with E-state index in [0.29, 0.717) is 34.8 Å². The highest BCUT2D eigenvalue weighted by Crippen LogP contribution is 2.42. The maximum atomic E-state index is 14.0. The molecule has 10 heteroatoms. The zero-order valence-electron chi connectivity index (χ0n) is 21.9. The van der Waals surface area contributed by atoms with Crippen LogP contribution in [0.2, 0.25) is 0 Å². The van der Waals surface area contributed by atoms with Crippen LogP contribution >= 0.6 is 0 Å². The van der Waals surface area contributed by atoms with Crippen molar-refractivity contribution in [3.05, 3.63) is 65.1 Å². The van der Waals surface area contributed by atoms with Crippen molar-refractivity contribution >= 4 is 17.5 Å². The SMILES string of the molecule is CCCC(=O)N[C@@H](c1cnn2cc([C@@H](NC(=O)c3ccc(C#N)cc3)C3CCC(F)(F)CC3)nc2c1)C1CC1. The molecular formula is C29H32F2N6O2. The number of halogens is 2. The zero-order chi connectivity index (χ0) is 27.6. The molecule has 39 heavy (non-hydrogen) atoms. The lowest BCUT2D eigenvalue weighted by Crippen LogP contribution is -2.37. The van der Waals surface area contributed by atoms with E-state index < -0.39 is 12.0 Å². The molecule has 8 nitrogen and oxygen atoms in total. The molecule has 2 fully saturated rings. The highest BCUT2D eigenvalue weighted by molar-refractivity contribution is 5.94. The fourth-order valence-electron chi connectivity index (χ4n) is 5.36. The van der Waals surface area contributed by atoms with Gasteiger partial charge in [0.25, 0.3) is 5.91 Å². The normalized spacial score (nSPS) is 18.7. The van der Waals surface area contributed by atoms with E-state index in [2.05, 4.69) is 15.7 Å². The largest absolute Gasteiger partial charge is 0.349 e. The molecule has 5 rings (SSSR count). The van der Waals surface area contributed by atoms with Crippen molar-refractivity contribution in [2.75, 3.05) is 0 Å². The van der Waals surface area contributed by atoms with E-state index in [1.807, 2.05) is 19.1 Å². The van der Waals surface area contributed by atoms with Crippen LogP contribution < -0.4 is 10.6 Å². The van der Waals surface area contributed by atoms with E-state index in [-0.39, 0.29) is 49.5 Å². The standard InChI is InChI=1S/C29H32F2N6O2/c1-2-3-25(38)35-26(19-8-9-19)22-14-24-34-23(17-37(24)33-16-22)27(20-10-12-29(30,31)13-11-20)36-28(39)21-6-4-18(15-32)5-7-21/h4-7,14,16-17,19-20,26-27H,2-3,8-13H2,1H3,(H,35,38)(H,36,39)/t26-,27+/m1/s1. The number of carbonyl (C=O) groups excluding carboxylic acids is 2. The third-order valence-corrected chi connectivity index (χ3v) is 7.72. The number of hydrogen-bond acceptors (Lipinski definition) is 5. The molecule has 1 aromatic carbocycles. The van der Waals surface area contributed by atoms with Crippen molar-refractivity contribution in [1.82, 2.24) is 25.2 Å². The summed E-state index contributed by atoms with van der Waals surface area (Å²) in [5.74, 6) is -2.90. The van der Waals surface area contributed by atoms with Gasteiger partial charge in [0.1, 0.15) is 0 Å². The smallest absolute Gasteiger partial charge is 0.251 e. The summed E-state index contributed by atoms with van der Waals surface area (Å²) in [6.45, 7) is 1.97. The Hall–Kier alpha value is -3.87. The summed E-state index contributed by atoms with van der Waals surface area (Å²) in [4.78, 5) is 30.3. The molecule has 2 aromatic heterocycles. The van der Waals surface area contributed by atoms with Crippen LogP contribution in [0.5, 0.6) is 0 Å². The Morgan fingerprint density at radius 1 is 1.10 bits per heavy atom. The lowest BCUT2D eigenvalue weighted by molar-refractivity contribution is -0.122. The number of rotatable bonds is 9. The number of aromatic nitrogens is 3. The Balaban J connectivity index is 1.43. The second-order valence-electron chi connectivity index (χ2n) is 10.7. The van der Waals surface area contributed by atoms with Crippen LogP contribution in [-0.2, 0) is 4.79 Å². The summed E-state index contributed by atoms with van der Waals surface area (Å²) in [6.07, 6.45) is 6.82. The summed E-state index contributed by atoms with van der Waals surface area (Å²) in [7, 11) is 0. The van der Waals surface area contributed by atoms with Crippen LogP contribution in [0.15, 0.2) is 42.7 Å².